The number of aliphatic carboxylic acids is 1. The van der Waals surface area contributed by atoms with Crippen molar-refractivity contribution in [1.29, 1.82) is 0 Å². The zero-order valence-electron chi connectivity index (χ0n) is 14.2. The molecule has 0 spiro atoms. The fourth-order valence-electron chi connectivity index (χ4n) is 2.45. The minimum absolute atomic E-state index is 0.0540. The monoisotopic (exact) mass is 343 g/mol. The van der Waals surface area contributed by atoms with Crippen molar-refractivity contribution >= 4 is 17.6 Å². The van der Waals surface area contributed by atoms with Crippen LogP contribution in [0.5, 0.6) is 11.5 Å². The lowest BCUT2D eigenvalue weighted by Gasteiger charge is -2.11. The first-order valence-electron chi connectivity index (χ1n) is 7.83. The highest BCUT2D eigenvalue weighted by molar-refractivity contribution is 5.92. The van der Waals surface area contributed by atoms with Crippen molar-refractivity contribution in [1.82, 2.24) is 0 Å². The van der Waals surface area contributed by atoms with Crippen LogP contribution < -0.4 is 14.8 Å². The molecule has 0 atom stereocenters. The van der Waals surface area contributed by atoms with Crippen LogP contribution in [-0.4, -0.2) is 31.2 Å². The summed E-state index contributed by atoms with van der Waals surface area (Å²) < 4.78 is 10.5. The molecule has 0 radical (unpaired) electrons. The highest BCUT2D eigenvalue weighted by Gasteiger charge is 2.11. The normalized spacial score (nSPS) is 10.2. The topological polar surface area (TPSA) is 84.9 Å². The van der Waals surface area contributed by atoms with E-state index in [1.54, 1.807) is 50.6 Å². The molecule has 0 heterocycles. The SMILES string of the molecule is COc1ccc(OC)c(CC(=O)Nc2cccc(CCC(=O)O)c2)c1. The number of carbonyl (C=O) groups is 2. The average Bonchev–Trinajstić information content (AvgIpc) is 2.60. The molecule has 0 aliphatic carbocycles. The van der Waals surface area contributed by atoms with E-state index in [4.69, 9.17) is 14.6 Å². The van der Waals surface area contributed by atoms with Crippen LogP contribution in [0.3, 0.4) is 0 Å². The van der Waals surface area contributed by atoms with Gasteiger partial charge in [0.15, 0.2) is 0 Å². The van der Waals surface area contributed by atoms with Gasteiger partial charge in [0, 0.05) is 17.7 Å². The number of nitrogens with one attached hydrogen (secondary N) is 1. The first-order chi connectivity index (χ1) is 12.0. The number of aryl methyl sites for hydroxylation is 1. The Hall–Kier alpha value is -3.02. The Morgan fingerprint density at radius 3 is 2.56 bits per heavy atom. The minimum Gasteiger partial charge on any atom is -0.497 e. The quantitative estimate of drug-likeness (QED) is 0.770. The first-order valence-corrected chi connectivity index (χ1v) is 7.83. The van der Waals surface area contributed by atoms with Crippen LogP contribution in [-0.2, 0) is 22.4 Å². The van der Waals surface area contributed by atoms with Crippen molar-refractivity contribution in [2.75, 3.05) is 19.5 Å². The minimum atomic E-state index is -0.848. The van der Waals surface area contributed by atoms with E-state index in [2.05, 4.69) is 5.32 Å². The van der Waals surface area contributed by atoms with Gasteiger partial charge in [0.25, 0.3) is 0 Å². The van der Waals surface area contributed by atoms with Crippen LogP contribution in [0.15, 0.2) is 42.5 Å². The average molecular weight is 343 g/mol. The van der Waals surface area contributed by atoms with Crippen molar-refractivity contribution in [2.24, 2.45) is 0 Å². The molecule has 25 heavy (non-hydrogen) atoms. The van der Waals surface area contributed by atoms with E-state index in [0.29, 0.717) is 23.6 Å². The Bertz CT molecular complexity index is 757. The number of carbonyl (C=O) groups excluding carboxylic acids is 1. The number of ether oxygens (including phenoxy) is 2. The lowest BCUT2D eigenvalue weighted by Crippen LogP contribution is -2.15. The second kappa shape index (κ2) is 8.73. The van der Waals surface area contributed by atoms with E-state index < -0.39 is 5.97 Å². The molecular formula is C19H21NO5. The molecule has 2 aromatic carbocycles. The second-order valence-electron chi connectivity index (χ2n) is 5.50. The summed E-state index contributed by atoms with van der Waals surface area (Å²) in [6, 6.07) is 12.5. The molecule has 132 valence electrons. The van der Waals surface area contributed by atoms with Gasteiger partial charge < -0.3 is 19.9 Å². The lowest BCUT2D eigenvalue weighted by molar-refractivity contribution is -0.137. The van der Waals surface area contributed by atoms with Gasteiger partial charge >= 0.3 is 5.97 Å². The number of amides is 1. The Labute approximate surface area is 146 Å². The Kier molecular flexibility index (Phi) is 6.39. The van der Waals surface area contributed by atoms with E-state index in [1.165, 1.54) is 0 Å². The molecule has 0 aromatic heterocycles. The standard InChI is InChI=1S/C19H21NO5/c1-24-16-7-8-17(25-2)14(11-16)12-18(21)20-15-5-3-4-13(10-15)6-9-19(22)23/h3-5,7-8,10-11H,6,9,12H2,1-2H3,(H,20,21)(H,22,23). The maximum atomic E-state index is 12.3. The Morgan fingerprint density at radius 2 is 1.88 bits per heavy atom. The van der Waals surface area contributed by atoms with Crippen molar-refractivity contribution in [3.8, 4) is 11.5 Å². The van der Waals surface area contributed by atoms with Crippen molar-refractivity contribution < 1.29 is 24.2 Å². The van der Waals surface area contributed by atoms with Crippen molar-refractivity contribution in [2.45, 2.75) is 19.3 Å². The van der Waals surface area contributed by atoms with Gasteiger partial charge in [-0.05, 0) is 42.3 Å². The largest absolute Gasteiger partial charge is 0.497 e. The maximum Gasteiger partial charge on any atom is 0.303 e. The molecule has 2 rings (SSSR count). The molecule has 0 saturated carbocycles. The third-order valence-electron chi connectivity index (χ3n) is 3.68. The lowest BCUT2D eigenvalue weighted by atomic mass is 10.1. The smallest absolute Gasteiger partial charge is 0.303 e. The van der Waals surface area contributed by atoms with Gasteiger partial charge in [0.1, 0.15) is 11.5 Å². The Morgan fingerprint density at radius 1 is 1.08 bits per heavy atom. The molecule has 0 fully saturated rings. The number of hydrogen-bond donors (Lipinski definition) is 2. The zero-order chi connectivity index (χ0) is 18.2. The summed E-state index contributed by atoms with van der Waals surface area (Å²) in [5, 5.41) is 11.6. The third kappa shape index (κ3) is 5.53. The van der Waals surface area contributed by atoms with Crippen LogP contribution in [0.25, 0.3) is 0 Å². The Balaban J connectivity index is 2.05. The van der Waals surface area contributed by atoms with Gasteiger partial charge in [0.2, 0.25) is 5.91 Å². The third-order valence-corrected chi connectivity index (χ3v) is 3.68. The second-order valence-corrected chi connectivity index (χ2v) is 5.50. The van der Waals surface area contributed by atoms with Gasteiger partial charge in [-0.15, -0.1) is 0 Å². The molecule has 2 N–H and O–H groups in total. The summed E-state index contributed by atoms with van der Waals surface area (Å²) in [5.41, 5.74) is 2.22. The predicted octanol–water partition coefficient (Wildman–Crippen LogP) is 2.90. The summed E-state index contributed by atoms with van der Waals surface area (Å²) in [5.74, 6) is 0.229. The van der Waals surface area contributed by atoms with Crippen molar-refractivity contribution in [3.63, 3.8) is 0 Å². The summed E-state index contributed by atoms with van der Waals surface area (Å²) in [7, 11) is 3.11. The molecule has 6 nitrogen and oxygen atoms in total. The number of rotatable bonds is 8. The first kappa shape index (κ1) is 18.3. The molecule has 6 heteroatoms. The highest BCUT2D eigenvalue weighted by atomic mass is 16.5. The van der Waals surface area contributed by atoms with E-state index in [9.17, 15) is 9.59 Å². The highest BCUT2D eigenvalue weighted by Crippen LogP contribution is 2.24. The maximum absolute atomic E-state index is 12.3. The number of carboxylic acid groups (broad SMARTS) is 1. The zero-order valence-corrected chi connectivity index (χ0v) is 14.2. The van der Waals surface area contributed by atoms with Gasteiger partial charge in [-0.3, -0.25) is 9.59 Å². The van der Waals surface area contributed by atoms with Crippen LogP contribution in [0, 0.1) is 0 Å². The summed E-state index contributed by atoms with van der Waals surface area (Å²) in [6.45, 7) is 0. The van der Waals surface area contributed by atoms with Gasteiger partial charge in [-0.2, -0.15) is 0 Å². The molecule has 0 bridgehead atoms. The van der Waals surface area contributed by atoms with E-state index >= 15 is 0 Å². The summed E-state index contributed by atoms with van der Waals surface area (Å²) in [4.78, 5) is 23.0. The molecule has 0 saturated heterocycles. The number of methoxy groups -OCH3 is 2. The van der Waals surface area contributed by atoms with Crippen LogP contribution in [0.1, 0.15) is 17.5 Å². The van der Waals surface area contributed by atoms with Gasteiger partial charge in [-0.1, -0.05) is 12.1 Å². The fourth-order valence-corrected chi connectivity index (χ4v) is 2.45. The van der Waals surface area contributed by atoms with Crippen molar-refractivity contribution in [3.05, 3.63) is 53.6 Å². The predicted molar refractivity (Wildman–Crippen MR) is 94.3 cm³/mol. The number of benzene rings is 2. The van der Waals surface area contributed by atoms with Gasteiger partial charge in [0.05, 0.1) is 20.6 Å². The summed E-state index contributed by atoms with van der Waals surface area (Å²) >= 11 is 0. The molecule has 0 unspecified atom stereocenters. The number of hydrogen-bond acceptors (Lipinski definition) is 4. The molecular weight excluding hydrogens is 322 g/mol. The van der Waals surface area contributed by atoms with E-state index in [0.717, 1.165) is 11.1 Å². The van der Waals surface area contributed by atoms with Crippen LogP contribution in [0.4, 0.5) is 5.69 Å². The fraction of sp³-hybridized carbons (Fsp3) is 0.263. The van der Waals surface area contributed by atoms with Crippen LogP contribution in [0.2, 0.25) is 0 Å². The number of anilines is 1. The number of carboxylic acids is 1. The van der Waals surface area contributed by atoms with Crippen LogP contribution >= 0.6 is 0 Å². The molecule has 2 aromatic rings. The molecule has 0 aliphatic rings. The van der Waals surface area contributed by atoms with E-state index in [-0.39, 0.29) is 18.7 Å². The summed E-state index contributed by atoms with van der Waals surface area (Å²) in [6.07, 6.45) is 0.612. The molecule has 0 aliphatic heterocycles. The molecule has 1 amide bonds. The van der Waals surface area contributed by atoms with E-state index in [1.807, 2.05) is 6.07 Å². The van der Waals surface area contributed by atoms with Gasteiger partial charge in [-0.25, -0.2) is 0 Å².